The fourth-order valence-electron chi connectivity index (χ4n) is 5.07. The Morgan fingerprint density at radius 1 is 1.13 bits per heavy atom. The summed E-state index contributed by atoms with van der Waals surface area (Å²) in [5, 5.41) is 13.3. The lowest BCUT2D eigenvalue weighted by atomic mass is 9.86. The number of hydrazine groups is 1. The first-order valence-corrected chi connectivity index (χ1v) is 16.6. The molecule has 250 valence electrons. The van der Waals surface area contributed by atoms with Crippen LogP contribution < -0.4 is 31.4 Å². The van der Waals surface area contributed by atoms with E-state index < -0.39 is 5.60 Å². The van der Waals surface area contributed by atoms with Crippen LogP contribution in [0.3, 0.4) is 0 Å². The molecule has 0 saturated heterocycles. The molecule has 10 nitrogen and oxygen atoms in total. The van der Waals surface area contributed by atoms with Crippen LogP contribution in [0.2, 0.25) is 0 Å². The zero-order chi connectivity index (χ0) is 34.5. The average Bonchev–Trinajstić information content (AvgIpc) is 3.84. The van der Waals surface area contributed by atoms with Crippen molar-refractivity contribution in [1.29, 1.82) is 5.41 Å². The smallest absolute Gasteiger partial charge is 0.255 e. The van der Waals surface area contributed by atoms with Gasteiger partial charge in [0, 0.05) is 25.1 Å². The van der Waals surface area contributed by atoms with Crippen molar-refractivity contribution in [3.8, 4) is 5.75 Å². The number of amides is 1. The second-order valence-electron chi connectivity index (χ2n) is 12.7. The third-order valence-corrected chi connectivity index (χ3v) is 8.64. The third kappa shape index (κ3) is 8.29. The molecule has 0 bridgehead atoms. The topological polar surface area (TPSA) is 142 Å². The molecule has 47 heavy (non-hydrogen) atoms. The van der Waals surface area contributed by atoms with E-state index >= 15 is 0 Å². The maximum Gasteiger partial charge on any atom is 0.255 e. The molecule has 11 heteroatoms. The second kappa shape index (κ2) is 14.5. The van der Waals surface area contributed by atoms with E-state index in [-0.39, 0.29) is 22.9 Å². The Morgan fingerprint density at radius 2 is 1.79 bits per heavy atom. The van der Waals surface area contributed by atoms with Gasteiger partial charge in [-0.3, -0.25) is 15.2 Å². The first-order valence-electron chi connectivity index (χ1n) is 15.4. The number of carbonyl (C=O) groups is 1. The zero-order valence-electron chi connectivity index (χ0n) is 28.4. The number of ether oxygens (including phenoxy) is 2. The van der Waals surface area contributed by atoms with Crippen LogP contribution in [0.15, 0.2) is 84.8 Å². The molecule has 0 heterocycles. The number of hydrogen-bond donors (Lipinski definition) is 5. The van der Waals surface area contributed by atoms with E-state index in [0.29, 0.717) is 35.0 Å². The van der Waals surface area contributed by atoms with Gasteiger partial charge in [0.25, 0.3) is 5.91 Å². The van der Waals surface area contributed by atoms with E-state index in [1.165, 1.54) is 23.2 Å². The fraction of sp³-hybridized carbons (Fsp3) is 0.333. The Kier molecular flexibility index (Phi) is 11.0. The summed E-state index contributed by atoms with van der Waals surface area (Å²) >= 11 is 1.44. The summed E-state index contributed by atoms with van der Waals surface area (Å²) in [6.07, 6.45) is 4.96. The third-order valence-electron chi connectivity index (χ3n) is 8.21. The summed E-state index contributed by atoms with van der Waals surface area (Å²) in [5.74, 6) is 6.99. The van der Waals surface area contributed by atoms with Crippen LogP contribution in [0.4, 0.5) is 17.1 Å². The molecule has 7 N–H and O–H groups in total. The molecule has 3 aromatic carbocycles. The van der Waals surface area contributed by atoms with Crippen molar-refractivity contribution in [2.24, 2.45) is 11.6 Å². The van der Waals surface area contributed by atoms with E-state index in [9.17, 15) is 4.79 Å². The summed E-state index contributed by atoms with van der Waals surface area (Å²) in [6.45, 7) is 12.8. The highest BCUT2D eigenvalue weighted by molar-refractivity contribution is 7.99. The first-order chi connectivity index (χ1) is 22.2. The largest absolute Gasteiger partial charge is 0.492 e. The molecule has 1 amide bonds. The molecule has 1 fully saturated rings. The van der Waals surface area contributed by atoms with Gasteiger partial charge >= 0.3 is 0 Å². The summed E-state index contributed by atoms with van der Waals surface area (Å²) in [7, 11) is 3.33. The number of rotatable bonds is 13. The van der Waals surface area contributed by atoms with Crippen molar-refractivity contribution >= 4 is 40.8 Å². The van der Waals surface area contributed by atoms with E-state index in [4.69, 9.17) is 26.5 Å². The Bertz CT molecular complexity index is 1660. The number of benzene rings is 3. The summed E-state index contributed by atoms with van der Waals surface area (Å²) in [6, 6.07) is 19.2. The minimum atomic E-state index is -0.671. The second-order valence-corrected chi connectivity index (χ2v) is 13.3. The van der Waals surface area contributed by atoms with Crippen molar-refractivity contribution in [1.82, 2.24) is 4.90 Å². The van der Waals surface area contributed by atoms with Crippen LogP contribution in [-0.2, 0) is 16.8 Å². The Balaban J connectivity index is 1.50. The highest BCUT2D eigenvalue weighted by Crippen LogP contribution is 2.43. The van der Waals surface area contributed by atoms with Gasteiger partial charge in [-0.05, 0) is 66.1 Å². The molecule has 0 atom stereocenters. The SMILES string of the molecule is C=C(/C(N)=C/N(N)c1cc(C(=O)Nc2cc(C(C)(C)C)cc(NSC)c2OC)ccc1C)N(C)C(=N)C1(OCc2ccccc2)CC1. The average molecular weight is 658 g/mol. The van der Waals surface area contributed by atoms with Gasteiger partial charge in [-0.2, -0.15) is 0 Å². The Labute approximate surface area is 282 Å². The summed E-state index contributed by atoms with van der Waals surface area (Å²) in [4.78, 5) is 15.2. The van der Waals surface area contributed by atoms with Crippen molar-refractivity contribution in [3.63, 3.8) is 0 Å². The number of amidine groups is 1. The van der Waals surface area contributed by atoms with Crippen molar-refractivity contribution in [2.45, 2.75) is 58.2 Å². The van der Waals surface area contributed by atoms with Gasteiger partial charge in [0.15, 0.2) is 5.75 Å². The van der Waals surface area contributed by atoms with Gasteiger partial charge in [0.2, 0.25) is 0 Å². The molecule has 0 aliphatic heterocycles. The molecule has 1 saturated carbocycles. The molecule has 4 rings (SSSR count). The van der Waals surface area contributed by atoms with Crippen molar-refractivity contribution < 1.29 is 14.3 Å². The van der Waals surface area contributed by atoms with Crippen molar-refractivity contribution in [3.05, 3.63) is 107 Å². The van der Waals surface area contributed by atoms with Crippen LogP contribution in [0.5, 0.6) is 5.75 Å². The van der Waals surface area contributed by atoms with Crippen LogP contribution in [0.25, 0.3) is 0 Å². The highest BCUT2D eigenvalue weighted by atomic mass is 32.2. The number of likely N-dealkylation sites (N-methyl/N-ethyl adjacent to an activating group) is 1. The minimum Gasteiger partial charge on any atom is -0.492 e. The molecular weight excluding hydrogens is 611 g/mol. The van der Waals surface area contributed by atoms with Crippen LogP contribution in [-0.4, -0.2) is 42.7 Å². The monoisotopic (exact) mass is 657 g/mol. The number of nitrogens with one attached hydrogen (secondary N) is 3. The van der Waals surface area contributed by atoms with Crippen molar-refractivity contribution in [2.75, 3.05) is 35.5 Å². The number of aryl methyl sites for hydroxylation is 1. The molecule has 0 radical (unpaired) electrons. The van der Waals surface area contributed by atoms with E-state index in [0.717, 1.165) is 35.2 Å². The number of nitrogens with zero attached hydrogens (tertiary/aromatic N) is 2. The number of carbonyl (C=O) groups excluding carboxylic acids is 1. The normalized spacial score (nSPS) is 13.8. The van der Waals surface area contributed by atoms with Gasteiger partial charge in [-0.1, -0.05) is 75.7 Å². The standard InChI is InChI=1S/C36H47N7O3S/c1-23-14-15-26(33(44)40-29-19-27(35(3,4)5)20-30(41-47-8)32(29)45-7)18-31(23)43(39)21-28(37)24(2)42(6)34(38)36(16-17-36)46-22-25-12-10-9-11-13-25/h9-15,18-21,38,41H,2,16-17,22,37,39H2,1,3-8H3,(H,40,44)/b28-21-,38-34?. The van der Waals surface area contributed by atoms with E-state index in [1.807, 2.05) is 61.7 Å². The van der Waals surface area contributed by atoms with Crippen LogP contribution in [0.1, 0.15) is 60.7 Å². The number of methoxy groups -OCH3 is 1. The predicted molar refractivity (Wildman–Crippen MR) is 195 cm³/mol. The Morgan fingerprint density at radius 3 is 2.38 bits per heavy atom. The first kappa shape index (κ1) is 35.4. The zero-order valence-corrected chi connectivity index (χ0v) is 29.2. The van der Waals surface area contributed by atoms with Gasteiger partial charge in [0.1, 0.15) is 11.4 Å². The number of anilines is 3. The van der Waals surface area contributed by atoms with Crippen LogP contribution >= 0.6 is 11.9 Å². The molecule has 0 aromatic heterocycles. The van der Waals surface area contributed by atoms with Crippen LogP contribution in [0, 0.1) is 12.3 Å². The predicted octanol–water partition coefficient (Wildman–Crippen LogP) is 6.90. The maximum atomic E-state index is 13.6. The number of hydrogen-bond acceptors (Lipinski definition) is 9. The highest BCUT2D eigenvalue weighted by Gasteiger charge is 2.50. The summed E-state index contributed by atoms with van der Waals surface area (Å²) < 4.78 is 15.1. The molecular formula is C36H47N7O3S. The molecule has 0 unspecified atom stereocenters. The molecule has 1 aliphatic carbocycles. The van der Waals surface area contributed by atoms with Gasteiger partial charge in [0.05, 0.1) is 42.2 Å². The van der Waals surface area contributed by atoms with E-state index in [2.05, 4.69) is 37.4 Å². The van der Waals surface area contributed by atoms with Gasteiger partial charge in [-0.15, -0.1) is 0 Å². The maximum absolute atomic E-state index is 13.6. The lowest BCUT2D eigenvalue weighted by Gasteiger charge is -2.29. The lowest BCUT2D eigenvalue weighted by Crippen LogP contribution is -2.40. The quantitative estimate of drug-likeness (QED) is 0.0332. The van der Waals surface area contributed by atoms with Gasteiger partial charge < -0.3 is 30.1 Å². The molecule has 1 aliphatic rings. The lowest BCUT2D eigenvalue weighted by molar-refractivity contribution is 0.0601. The van der Waals surface area contributed by atoms with E-state index in [1.54, 1.807) is 31.2 Å². The molecule has 0 spiro atoms. The summed E-state index contributed by atoms with van der Waals surface area (Å²) in [5.41, 5.74) is 11.5. The fourth-order valence-corrected chi connectivity index (χ4v) is 5.44. The Hall–Kier alpha value is -4.45. The van der Waals surface area contributed by atoms with Gasteiger partial charge in [-0.25, -0.2) is 5.84 Å². The minimum absolute atomic E-state index is 0.158. The number of nitrogens with two attached hydrogens (primary N) is 2. The molecule has 3 aromatic rings.